The Balaban J connectivity index is 0.000000196. The summed E-state index contributed by atoms with van der Waals surface area (Å²) in [4.78, 5) is 0. The van der Waals surface area contributed by atoms with Crippen molar-refractivity contribution < 1.29 is 13.2 Å². The first-order chi connectivity index (χ1) is 16.9. The Hall–Kier alpha value is -0.730. The Bertz CT molecular complexity index is 605. The van der Waals surface area contributed by atoms with E-state index in [1.165, 1.54) is 103 Å². The fourth-order valence-corrected chi connectivity index (χ4v) is 7.80. The second-order valence-corrected chi connectivity index (χ2v) is 12.9. The predicted octanol–water partition coefficient (Wildman–Crippen LogP) is 11.3. The molecule has 4 rings (SSSR count). The fourth-order valence-electron chi connectivity index (χ4n) is 7.80. The van der Waals surface area contributed by atoms with Gasteiger partial charge >= 0.3 is 0 Å². The third kappa shape index (κ3) is 10.3. The van der Waals surface area contributed by atoms with E-state index >= 15 is 0 Å². The molecule has 202 valence electrons. The molecule has 4 aliphatic rings. The van der Waals surface area contributed by atoms with E-state index in [0.29, 0.717) is 18.7 Å². The molecule has 0 aromatic carbocycles. The lowest BCUT2D eigenvalue weighted by Gasteiger charge is -2.37. The quantitative estimate of drug-likeness (QED) is 0.344. The maximum absolute atomic E-state index is 12.1. The largest absolute Gasteiger partial charge is 0.266 e. The number of rotatable bonds is 6. The van der Waals surface area contributed by atoms with E-state index in [1.807, 2.05) is 0 Å². The first kappa shape index (κ1) is 28.8. The molecule has 0 aromatic heterocycles. The SMILES string of the molecule is CC1CCC(C2CCC(C/C=C/F)CC2)CC1.CC1CCC(C2CCC(CC=C(F)F)CC2)CC1. The first-order valence-corrected chi connectivity index (χ1v) is 15.2. The summed E-state index contributed by atoms with van der Waals surface area (Å²) in [5.41, 5.74) is 0. The van der Waals surface area contributed by atoms with Crippen LogP contribution in [0, 0.1) is 47.3 Å². The molecule has 0 aromatic rings. The lowest BCUT2D eigenvalue weighted by atomic mass is 9.69. The van der Waals surface area contributed by atoms with Gasteiger partial charge in [0.25, 0.3) is 6.08 Å². The highest BCUT2D eigenvalue weighted by atomic mass is 19.3. The van der Waals surface area contributed by atoms with Crippen molar-refractivity contribution in [1.29, 1.82) is 0 Å². The molecule has 0 amide bonds. The molecule has 4 saturated carbocycles. The second-order valence-electron chi connectivity index (χ2n) is 12.9. The van der Waals surface area contributed by atoms with Crippen LogP contribution >= 0.6 is 0 Å². The van der Waals surface area contributed by atoms with Crippen LogP contribution in [0.3, 0.4) is 0 Å². The highest BCUT2D eigenvalue weighted by molar-refractivity contribution is 4.87. The summed E-state index contributed by atoms with van der Waals surface area (Å²) in [6.07, 6.45) is 25.5. The van der Waals surface area contributed by atoms with Gasteiger partial charge in [-0.2, -0.15) is 8.78 Å². The topological polar surface area (TPSA) is 0 Å². The van der Waals surface area contributed by atoms with E-state index in [9.17, 15) is 13.2 Å². The lowest BCUT2D eigenvalue weighted by molar-refractivity contribution is 0.150. The maximum Gasteiger partial charge on any atom is 0.266 e. The van der Waals surface area contributed by atoms with Crippen molar-refractivity contribution in [3.8, 4) is 0 Å². The van der Waals surface area contributed by atoms with Gasteiger partial charge in [-0.1, -0.05) is 45.6 Å². The van der Waals surface area contributed by atoms with Crippen LogP contribution in [-0.4, -0.2) is 0 Å². The molecule has 0 atom stereocenters. The molecule has 0 bridgehead atoms. The molecule has 0 unspecified atom stereocenters. The molecule has 0 radical (unpaired) electrons. The molecular weight excluding hydrogens is 441 g/mol. The number of hydrogen-bond donors (Lipinski definition) is 0. The molecule has 4 aliphatic carbocycles. The average Bonchev–Trinajstić information content (AvgIpc) is 2.88. The van der Waals surface area contributed by atoms with Gasteiger partial charge in [-0.15, -0.1) is 0 Å². The van der Waals surface area contributed by atoms with Gasteiger partial charge in [-0.3, -0.25) is 0 Å². The van der Waals surface area contributed by atoms with Crippen molar-refractivity contribution in [3.63, 3.8) is 0 Å². The third-order valence-electron chi connectivity index (χ3n) is 10.4. The minimum Gasteiger partial charge on any atom is -0.216 e. The molecule has 4 fully saturated rings. The standard InChI is InChI=1S/C16H26F2.C16H27F/c1-12-2-7-14(8-3-12)15-9-4-13(5-10-15)6-11-16(17)18;1-13-4-8-15(9-5-13)16-10-6-14(7-11-16)3-2-12-17/h11-15H,2-10H2,1H3;2,12-16H,3-11H2,1H3/b;12-2+. The molecule has 0 aliphatic heterocycles. The van der Waals surface area contributed by atoms with Crippen molar-refractivity contribution in [3.05, 3.63) is 24.6 Å². The number of allylic oxidation sites excluding steroid dienone is 2. The Kier molecular flexibility index (Phi) is 12.8. The molecular formula is C32H53F3. The van der Waals surface area contributed by atoms with Gasteiger partial charge in [0.15, 0.2) is 0 Å². The average molecular weight is 495 g/mol. The predicted molar refractivity (Wildman–Crippen MR) is 143 cm³/mol. The zero-order valence-corrected chi connectivity index (χ0v) is 22.7. The summed E-state index contributed by atoms with van der Waals surface area (Å²) < 4.78 is 36.1. The van der Waals surface area contributed by atoms with E-state index in [-0.39, 0.29) is 0 Å². The maximum atomic E-state index is 12.1. The van der Waals surface area contributed by atoms with Crippen molar-refractivity contribution in [2.75, 3.05) is 0 Å². The van der Waals surface area contributed by atoms with Crippen LogP contribution in [0.25, 0.3) is 0 Å². The van der Waals surface area contributed by atoms with Gasteiger partial charge in [0.1, 0.15) is 0 Å². The smallest absolute Gasteiger partial charge is 0.216 e. The lowest BCUT2D eigenvalue weighted by Crippen LogP contribution is -2.25. The van der Waals surface area contributed by atoms with Crippen LogP contribution in [0.5, 0.6) is 0 Å². The summed E-state index contributed by atoms with van der Waals surface area (Å²) in [6, 6.07) is 0. The van der Waals surface area contributed by atoms with E-state index in [1.54, 1.807) is 6.08 Å². The van der Waals surface area contributed by atoms with Crippen LogP contribution in [-0.2, 0) is 0 Å². The molecule has 0 heterocycles. The molecule has 0 spiro atoms. The summed E-state index contributed by atoms with van der Waals surface area (Å²) >= 11 is 0. The van der Waals surface area contributed by atoms with Crippen molar-refractivity contribution in [2.24, 2.45) is 47.3 Å². The third-order valence-corrected chi connectivity index (χ3v) is 10.4. The zero-order valence-electron chi connectivity index (χ0n) is 22.7. The zero-order chi connectivity index (χ0) is 25.0. The van der Waals surface area contributed by atoms with E-state index in [2.05, 4.69) is 13.8 Å². The van der Waals surface area contributed by atoms with Crippen LogP contribution in [0.4, 0.5) is 13.2 Å². The summed E-state index contributed by atoms with van der Waals surface area (Å²) in [5.74, 6) is 7.03. The number of halogens is 3. The van der Waals surface area contributed by atoms with Crippen molar-refractivity contribution in [2.45, 2.75) is 129 Å². The Morgan fingerprint density at radius 2 is 0.886 bits per heavy atom. The molecule has 0 N–H and O–H groups in total. The van der Waals surface area contributed by atoms with Crippen LogP contribution in [0.2, 0.25) is 0 Å². The van der Waals surface area contributed by atoms with Gasteiger partial charge in [0.05, 0.1) is 6.33 Å². The summed E-state index contributed by atoms with van der Waals surface area (Å²) in [7, 11) is 0. The van der Waals surface area contributed by atoms with Gasteiger partial charge in [-0.05, 0) is 143 Å². The Morgan fingerprint density at radius 3 is 1.23 bits per heavy atom. The summed E-state index contributed by atoms with van der Waals surface area (Å²) in [5, 5.41) is 0. The first-order valence-electron chi connectivity index (χ1n) is 15.2. The minimum atomic E-state index is -1.50. The molecule has 35 heavy (non-hydrogen) atoms. The van der Waals surface area contributed by atoms with Gasteiger partial charge < -0.3 is 0 Å². The van der Waals surface area contributed by atoms with Crippen molar-refractivity contribution in [1.82, 2.24) is 0 Å². The van der Waals surface area contributed by atoms with Gasteiger partial charge in [-0.25, -0.2) is 4.39 Å². The Labute approximate surface area is 214 Å². The minimum absolute atomic E-state index is 0.519. The van der Waals surface area contributed by atoms with Crippen LogP contribution in [0.15, 0.2) is 24.6 Å². The molecule has 0 nitrogen and oxygen atoms in total. The Morgan fingerprint density at radius 1 is 0.543 bits per heavy atom. The van der Waals surface area contributed by atoms with E-state index in [4.69, 9.17) is 0 Å². The molecule has 0 saturated heterocycles. The van der Waals surface area contributed by atoms with Gasteiger partial charge in [0, 0.05) is 0 Å². The van der Waals surface area contributed by atoms with Crippen molar-refractivity contribution >= 4 is 0 Å². The normalized spacial score (nSPS) is 38.4. The van der Waals surface area contributed by atoms with Gasteiger partial charge in [0.2, 0.25) is 0 Å². The van der Waals surface area contributed by atoms with Crippen LogP contribution < -0.4 is 0 Å². The highest BCUT2D eigenvalue weighted by Crippen LogP contribution is 2.43. The monoisotopic (exact) mass is 494 g/mol. The molecule has 3 heteroatoms. The van der Waals surface area contributed by atoms with Crippen LogP contribution in [0.1, 0.15) is 129 Å². The second kappa shape index (κ2) is 15.5. The number of hydrogen-bond acceptors (Lipinski definition) is 0. The fraction of sp³-hybridized carbons (Fsp3) is 0.875. The highest BCUT2D eigenvalue weighted by Gasteiger charge is 2.30. The van der Waals surface area contributed by atoms with E-state index < -0.39 is 6.08 Å². The van der Waals surface area contributed by atoms with E-state index in [0.717, 1.165) is 53.9 Å². The summed E-state index contributed by atoms with van der Waals surface area (Å²) in [6.45, 7) is 4.77.